The average molecular weight is 412 g/mol. The van der Waals surface area contributed by atoms with Gasteiger partial charge in [0.15, 0.2) is 0 Å². The van der Waals surface area contributed by atoms with E-state index < -0.39 is 33.7 Å². The van der Waals surface area contributed by atoms with Crippen molar-refractivity contribution in [2.75, 3.05) is 0 Å². The van der Waals surface area contributed by atoms with E-state index in [0.717, 1.165) is 25.0 Å². The zero-order chi connectivity index (χ0) is 20.5. The number of carbonyl (C=O) groups excluding carboxylic acids is 1. The number of hydrogen-bond acceptors (Lipinski definition) is 3. The summed E-state index contributed by atoms with van der Waals surface area (Å²) in [4.78, 5) is 12.4. The van der Waals surface area contributed by atoms with Crippen LogP contribution in [0.4, 0.5) is 13.2 Å². The molecule has 2 aromatic carbocycles. The Morgan fingerprint density at radius 3 is 2.32 bits per heavy atom. The van der Waals surface area contributed by atoms with E-state index in [0.29, 0.717) is 5.56 Å². The fraction of sp³-hybridized carbons (Fsp3) is 0.316. The van der Waals surface area contributed by atoms with Crippen LogP contribution in [0.1, 0.15) is 47.3 Å². The van der Waals surface area contributed by atoms with E-state index in [9.17, 15) is 26.4 Å². The Balaban J connectivity index is 1.69. The molecule has 5 nitrogen and oxygen atoms in total. The highest BCUT2D eigenvalue weighted by Gasteiger charge is 2.31. The lowest BCUT2D eigenvalue weighted by molar-refractivity contribution is -0.137. The topological polar surface area (TPSA) is 75.3 Å². The number of hydrogen-bond donors (Lipinski definition) is 2. The van der Waals surface area contributed by atoms with Crippen molar-refractivity contribution in [1.29, 1.82) is 0 Å². The zero-order valence-electron chi connectivity index (χ0n) is 15.0. The van der Waals surface area contributed by atoms with Gasteiger partial charge in [-0.25, -0.2) is 13.1 Å². The van der Waals surface area contributed by atoms with Gasteiger partial charge in [0.25, 0.3) is 5.91 Å². The highest BCUT2D eigenvalue weighted by Crippen LogP contribution is 2.30. The van der Waals surface area contributed by atoms with E-state index in [1.807, 2.05) is 0 Å². The first-order valence-electron chi connectivity index (χ1n) is 8.67. The van der Waals surface area contributed by atoms with Crippen molar-refractivity contribution in [3.63, 3.8) is 0 Å². The Labute approximate surface area is 161 Å². The first-order valence-corrected chi connectivity index (χ1v) is 10.1. The Hall–Kier alpha value is -2.39. The molecule has 0 radical (unpaired) electrons. The van der Waals surface area contributed by atoms with Gasteiger partial charge in [0.2, 0.25) is 10.0 Å². The maximum absolute atomic E-state index is 12.8. The number of alkyl halides is 3. The normalized spacial score (nSPS) is 15.9. The van der Waals surface area contributed by atoms with Gasteiger partial charge in [-0.2, -0.15) is 13.2 Å². The highest BCUT2D eigenvalue weighted by atomic mass is 32.2. The van der Waals surface area contributed by atoms with Gasteiger partial charge < -0.3 is 5.32 Å². The number of benzene rings is 2. The third-order valence-electron chi connectivity index (χ3n) is 4.39. The van der Waals surface area contributed by atoms with Crippen molar-refractivity contribution < 1.29 is 26.4 Å². The van der Waals surface area contributed by atoms with Gasteiger partial charge in [0, 0.05) is 11.6 Å². The third kappa shape index (κ3) is 4.90. The lowest BCUT2D eigenvalue weighted by Gasteiger charge is -2.16. The van der Waals surface area contributed by atoms with Gasteiger partial charge in [-0.3, -0.25) is 4.79 Å². The number of halogens is 3. The molecule has 1 unspecified atom stereocenters. The quantitative estimate of drug-likeness (QED) is 0.761. The lowest BCUT2D eigenvalue weighted by Crippen LogP contribution is -2.27. The molecule has 28 heavy (non-hydrogen) atoms. The Morgan fingerprint density at radius 2 is 1.75 bits per heavy atom. The summed E-state index contributed by atoms with van der Waals surface area (Å²) in [7, 11) is -3.61. The molecule has 0 heterocycles. The van der Waals surface area contributed by atoms with Gasteiger partial charge in [0.05, 0.1) is 16.5 Å². The van der Waals surface area contributed by atoms with E-state index in [2.05, 4.69) is 10.0 Å². The van der Waals surface area contributed by atoms with Crippen molar-refractivity contribution in [3.05, 3.63) is 65.2 Å². The third-order valence-corrected chi connectivity index (χ3v) is 5.92. The summed E-state index contributed by atoms with van der Waals surface area (Å²) in [6.45, 7) is 1.58. The molecular formula is C19H19F3N2O3S. The molecule has 2 aromatic rings. The number of sulfonamides is 1. The number of rotatable bonds is 6. The smallest absolute Gasteiger partial charge is 0.346 e. The van der Waals surface area contributed by atoms with Crippen molar-refractivity contribution >= 4 is 15.9 Å². The molecule has 0 bridgehead atoms. The van der Waals surface area contributed by atoms with Crippen LogP contribution in [0.15, 0.2) is 53.4 Å². The molecule has 2 N–H and O–H groups in total. The molecule has 1 aliphatic rings. The second-order valence-electron chi connectivity index (χ2n) is 6.74. The highest BCUT2D eigenvalue weighted by molar-refractivity contribution is 7.89. The predicted molar refractivity (Wildman–Crippen MR) is 97.1 cm³/mol. The summed E-state index contributed by atoms with van der Waals surface area (Å²) in [5.74, 6) is -0.510. The SMILES string of the molecule is CC(NC(=O)c1ccc(S(=O)(=O)NC2CC2)cc1)c1cccc(C(F)(F)F)c1. The molecule has 0 aliphatic heterocycles. The minimum Gasteiger partial charge on any atom is -0.346 e. The zero-order valence-corrected chi connectivity index (χ0v) is 15.8. The molecule has 3 rings (SSSR count). The molecule has 150 valence electrons. The van der Waals surface area contributed by atoms with E-state index in [1.54, 1.807) is 6.92 Å². The van der Waals surface area contributed by atoms with Gasteiger partial charge in [-0.1, -0.05) is 12.1 Å². The molecule has 1 saturated carbocycles. The van der Waals surface area contributed by atoms with Gasteiger partial charge in [-0.05, 0) is 61.7 Å². The molecule has 1 atom stereocenters. The first kappa shape index (κ1) is 20.3. The molecule has 0 aromatic heterocycles. The fourth-order valence-corrected chi connectivity index (χ4v) is 3.93. The van der Waals surface area contributed by atoms with Crippen LogP contribution < -0.4 is 10.0 Å². The molecule has 1 amide bonds. The standard InChI is InChI=1S/C19H19F3N2O3S/c1-12(14-3-2-4-15(11-14)19(20,21)22)23-18(25)13-5-9-17(10-6-13)28(26,27)24-16-7-8-16/h2-6,9-12,16,24H,7-8H2,1H3,(H,23,25). The Bertz CT molecular complexity index is 969. The van der Waals surface area contributed by atoms with Crippen LogP contribution in [0.2, 0.25) is 0 Å². The maximum atomic E-state index is 12.8. The average Bonchev–Trinajstić information content (AvgIpc) is 3.44. The van der Waals surface area contributed by atoms with Crippen LogP contribution in [0, 0.1) is 0 Å². The monoisotopic (exact) mass is 412 g/mol. The van der Waals surface area contributed by atoms with Gasteiger partial charge in [-0.15, -0.1) is 0 Å². The Morgan fingerprint density at radius 1 is 1.11 bits per heavy atom. The molecule has 1 fully saturated rings. The van der Waals surface area contributed by atoms with Crippen LogP contribution in [0.5, 0.6) is 0 Å². The fourth-order valence-electron chi connectivity index (χ4n) is 2.62. The van der Waals surface area contributed by atoms with Crippen molar-refractivity contribution in [2.24, 2.45) is 0 Å². The number of carbonyl (C=O) groups is 1. The molecule has 0 spiro atoms. The summed E-state index contributed by atoms with van der Waals surface area (Å²) < 4.78 is 65.3. The van der Waals surface area contributed by atoms with E-state index >= 15 is 0 Å². The molecule has 0 saturated heterocycles. The minimum atomic E-state index is -4.46. The van der Waals surface area contributed by atoms with Crippen molar-refractivity contribution in [2.45, 2.75) is 42.9 Å². The van der Waals surface area contributed by atoms with Crippen LogP contribution in [0.25, 0.3) is 0 Å². The summed E-state index contributed by atoms with van der Waals surface area (Å²) in [6.07, 6.45) is -2.84. The van der Waals surface area contributed by atoms with Crippen molar-refractivity contribution in [3.8, 4) is 0 Å². The molecule has 9 heteroatoms. The van der Waals surface area contributed by atoms with Gasteiger partial charge >= 0.3 is 6.18 Å². The van der Waals surface area contributed by atoms with E-state index in [1.165, 1.54) is 36.4 Å². The number of nitrogens with one attached hydrogen (secondary N) is 2. The predicted octanol–water partition coefficient (Wildman–Crippen LogP) is 3.64. The molecular weight excluding hydrogens is 393 g/mol. The van der Waals surface area contributed by atoms with E-state index in [-0.39, 0.29) is 16.5 Å². The first-order chi connectivity index (χ1) is 13.1. The van der Waals surface area contributed by atoms with Crippen LogP contribution in [-0.4, -0.2) is 20.4 Å². The summed E-state index contributed by atoms with van der Waals surface area (Å²) in [5, 5.41) is 2.62. The van der Waals surface area contributed by atoms with Gasteiger partial charge in [0.1, 0.15) is 0 Å². The van der Waals surface area contributed by atoms with E-state index in [4.69, 9.17) is 0 Å². The largest absolute Gasteiger partial charge is 0.416 e. The van der Waals surface area contributed by atoms with Crippen molar-refractivity contribution in [1.82, 2.24) is 10.0 Å². The van der Waals surface area contributed by atoms with Crippen LogP contribution in [-0.2, 0) is 16.2 Å². The minimum absolute atomic E-state index is 0.0266. The number of amides is 1. The summed E-state index contributed by atoms with van der Waals surface area (Å²) in [5.41, 5.74) is -0.260. The Kier molecular flexibility index (Phi) is 5.49. The summed E-state index contributed by atoms with van der Waals surface area (Å²) >= 11 is 0. The summed E-state index contributed by atoms with van der Waals surface area (Å²) in [6, 6.07) is 9.45. The lowest BCUT2D eigenvalue weighted by atomic mass is 10.0. The van der Waals surface area contributed by atoms with Crippen LogP contribution in [0.3, 0.4) is 0 Å². The maximum Gasteiger partial charge on any atom is 0.416 e. The second kappa shape index (κ2) is 7.56. The second-order valence-corrected chi connectivity index (χ2v) is 8.45. The van der Waals surface area contributed by atoms with Crippen LogP contribution >= 0.6 is 0 Å². The molecule has 1 aliphatic carbocycles.